The van der Waals surface area contributed by atoms with E-state index in [4.69, 9.17) is 4.74 Å². The summed E-state index contributed by atoms with van der Waals surface area (Å²) in [5.74, 6) is -0.825. The Morgan fingerprint density at radius 3 is 2.20 bits per heavy atom. The minimum atomic E-state index is -5.35. The molecule has 6 nitrogen and oxygen atoms in total. The van der Waals surface area contributed by atoms with Crippen molar-refractivity contribution in [1.29, 1.82) is 0 Å². The Bertz CT molecular complexity index is 1380. The van der Waals surface area contributed by atoms with Crippen LogP contribution in [0.15, 0.2) is 48.6 Å². The van der Waals surface area contributed by atoms with Gasteiger partial charge in [0.2, 0.25) is 0 Å². The lowest BCUT2D eigenvalue weighted by molar-refractivity contribution is -0.514. The molecule has 0 saturated carbocycles. The topological polar surface area (TPSA) is 66.9 Å². The molecule has 3 aromatic rings. The van der Waals surface area contributed by atoms with E-state index in [1.165, 1.54) is 24.3 Å². The number of esters is 1. The summed E-state index contributed by atoms with van der Waals surface area (Å²) >= 11 is 1.46. The minimum Gasteiger partial charge on any atom is -0.493 e. The SMILES string of the molecule is C=C(C)C(=O)OCCC(F)(F)OC(F)(F)OC(F)(F)CCOc1ccc2cc(-c3ccc(CC)nc3CC)sc2c1. The average molecular weight is 606 g/mol. The number of hydrogen-bond donors (Lipinski definition) is 0. The second-order valence-electron chi connectivity index (χ2n) is 9.02. The highest BCUT2D eigenvalue weighted by Gasteiger charge is 2.52. The lowest BCUT2D eigenvalue weighted by Crippen LogP contribution is -2.41. The monoisotopic (exact) mass is 605 g/mol. The highest BCUT2D eigenvalue weighted by molar-refractivity contribution is 7.22. The Labute approximate surface area is 236 Å². The Kier molecular flexibility index (Phi) is 10.4. The van der Waals surface area contributed by atoms with E-state index in [1.807, 2.05) is 32.0 Å². The molecule has 0 aliphatic heterocycles. The smallest absolute Gasteiger partial charge is 0.493 e. The van der Waals surface area contributed by atoms with Gasteiger partial charge in [-0.2, -0.15) is 17.6 Å². The van der Waals surface area contributed by atoms with Crippen molar-refractivity contribution in [3.05, 3.63) is 59.9 Å². The van der Waals surface area contributed by atoms with Crippen molar-refractivity contribution in [2.45, 2.75) is 65.0 Å². The van der Waals surface area contributed by atoms with Crippen LogP contribution in [0.5, 0.6) is 5.75 Å². The molecule has 0 bridgehead atoms. The molecule has 0 aliphatic carbocycles. The van der Waals surface area contributed by atoms with Gasteiger partial charge in [0, 0.05) is 32.1 Å². The summed E-state index contributed by atoms with van der Waals surface area (Å²) in [4.78, 5) is 16.8. The third-order valence-corrected chi connectivity index (χ3v) is 6.79. The molecule has 0 N–H and O–H groups in total. The lowest BCUT2D eigenvalue weighted by atomic mass is 10.1. The molecule has 0 amide bonds. The van der Waals surface area contributed by atoms with Gasteiger partial charge in [0.15, 0.2) is 0 Å². The Hall–Kier alpha value is -3.16. The van der Waals surface area contributed by atoms with Crippen LogP contribution >= 0.6 is 11.3 Å². The largest absolute Gasteiger partial charge is 0.494 e. The van der Waals surface area contributed by atoms with Crippen molar-refractivity contribution < 1.29 is 50.1 Å². The molecular formula is C28H29F6NO5S. The molecule has 3 rings (SSSR count). The number of thiophene rings is 1. The van der Waals surface area contributed by atoms with Gasteiger partial charge in [0.1, 0.15) is 5.75 Å². The molecule has 0 radical (unpaired) electrons. The Morgan fingerprint density at radius 1 is 0.927 bits per heavy atom. The van der Waals surface area contributed by atoms with Gasteiger partial charge in [0.25, 0.3) is 0 Å². The molecule has 0 atom stereocenters. The number of alkyl halides is 6. The van der Waals surface area contributed by atoms with E-state index in [0.29, 0.717) is 0 Å². The molecule has 2 aromatic heterocycles. The number of pyridine rings is 1. The Morgan fingerprint density at radius 2 is 1.59 bits per heavy atom. The molecule has 1 aromatic carbocycles. The summed E-state index contributed by atoms with van der Waals surface area (Å²) in [5, 5.41) is 0.889. The van der Waals surface area contributed by atoms with Crippen LogP contribution in [0.25, 0.3) is 20.5 Å². The number of ether oxygens (including phenoxy) is 4. The molecule has 0 unspecified atom stereocenters. The fourth-order valence-electron chi connectivity index (χ4n) is 3.62. The zero-order chi connectivity index (χ0) is 30.4. The molecule has 2 heterocycles. The summed E-state index contributed by atoms with van der Waals surface area (Å²) < 4.78 is 99.7. The van der Waals surface area contributed by atoms with Gasteiger partial charge < -0.3 is 9.47 Å². The quantitative estimate of drug-likeness (QED) is 0.0754. The van der Waals surface area contributed by atoms with Crippen LogP contribution in [0.4, 0.5) is 26.3 Å². The highest BCUT2D eigenvalue weighted by atomic mass is 32.1. The number of carbonyl (C=O) groups is 1. The zero-order valence-electron chi connectivity index (χ0n) is 22.6. The predicted octanol–water partition coefficient (Wildman–Crippen LogP) is 8.14. The Balaban J connectivity index is 1.57. The highest BCUT2D eigenvalue weighted by Crippen LogP contribution is 2.38. The van der Waals surface area contributed by atoms with E-state index in [0.717, 1.165) is 44.8 Å². The number of benzene rings is 1. The van der Waals surface area contributed by atoms with Gasteiger partial charge in [-0.05, 0) is 61.5 Å². The van der Waals surface area contributed by atoms with Crippen molar-refractivity contribution in [1.82, 2.24) is 4.98 Å². The summed E-state index contributed by atoms with van der Waals surface area (Å²) in [6.07, 6.45) is -15.9. The summed E-state index contributed by atoms with van der Waals surface area (Å²) in [5.41, 5.74) is 2.83. The first-order valence-corrected chi connectivity index (χ1v) is 13.5. The fourth-order valence-corrected chi connectivity index (χ4v) is 4.75. The average Bonchev–Trinajstić information content (AvgIpc) is 3.29. The number of nitrogens with zero attached hydrogens (tertiary/aromatic N) is 1. The number of fused-ring (bicyclic) bond motifs is 1. The van der Waals surface area contributed by atoms with Crippen LogP contribution in [-0.4, -0.2) is 42.7 Å². The maximum atomic E-state index is 14.0. The third-order valence-electron chi connectivity index (χ3n) is 5.66. The van der Waals surface area contributed by atoms with Crippen molar-refractivity contribution >= 4 is 27.4 Å². The van der Waals surface area contributed by atoms with Gasteiger partial charge >= 0.3 is 24.5 Å². The molecule has 224 valence electrons. The van der Waals surface area contributed by atoms with E-state index in [9.17, 15) is 31.1 Å². The molecule has 0 fully saturated rings. The van der Waals surface area contributed by atoms with Gasteiger partial charge in [-0.1, -0.05) is 20.4 Å². The van der Waals surface area contributed by atoms with Gasteiger partial charge in [-0.3, -0.25) is 4.98 Å². The molecule has 13 heteroatoms. The second-order valence-corrected chi connectivity index (χ2v) is 10.1. The lowest BCUT2D eigenvalue weighted by Gasteiger charge is -2.26. The number of rotatable bonds is 15. The van der Waals surface area contributed by atoms with E-state index in [2.05, 4.69) is 25.8 Å². The summed E-state index contributed by atoms with van der Waals surface area (Å²) in [6.45, 7) is 6.73. The van der Waals surface area contributed by atoms with Crippen LogP contribution in [0, 0.1) is 0 Å². The molecule has 0 spiro atoms. The number of halogens is 6. The third kappa shape index (κ3) is 9.44. The van der Waals surface area contributed by atoms with E-state index < -0.39 is 50.5 Å². The van der Waals surface area contributed by atoms with Crippen LogP contribution < -0.4 is 4.74 Å². The van der Waals surface area contributed by atoms with Gasteiger partial charge in [0.05, 0.1) is 26.1 Å². The maximum Gasteiger partial charge on any atom is 0.494 e. The molecule has 0 saturated heterocycles. The van der Waals surface area contributed by atoms with Crippen molar-refractivity contribution in [3.8, 4) is 16.2 Å². The second kappa shape index (κ2) is 13.2. The summed E-state index contributed by atoms with van der Waals surface area (Å²) in [7, 11) is 0. The predicted molar refractivity (Wildman–Crippen MR) is 141 cm³/mol. The van der Waals surface area contributed by atoms with E-state index >= 15 is 0 Å². The number of hydrogen-bond acceptors (Lipinski definition) is 7. The number of aryl methyl sites for hydroxylation is 2. The molecule has 41 heavy (non-hydrogen) atoms. The minimum absolute atomic E-state index is 0.106. The number of aromatic nitrogens is 1. The molecular weight excluding hydrogens is 576 g/mol. The molecule has 0 aliphatic rings. The van der Waals surface area contributed by atoms with Crippen molar-refractivity contribution in [3.63, 3.8) is 0 Å². The van der Waals surface area contributed by atoms with Gasteiger partial charge in [-0.15, -0.1) is 20.1 Å². The fraction of sp³-hybridized carbons (Fsp3) is 0.429. The van der Waals surface area contributed by atoms with Crippen LogP contribution in [0.3, 0.4) is 0 Å². The summed E-state index contributed by atoms with van der Waals surface area (Å²) in [6, 6.07) is 10.9. The zero-order valence-corrected chi connectivity index (χ0v) is 23.4. The first kappa shape index (κ1) is 32.4. The number of carbonyl (C=O) groups excluding carboxylic acids is 1. The standard InChI is InChI=1S/C28H29F6NO5S/c1-5-19-8-10-21(22(6-2)35-19)24-15-18-7-9-20(16-23(18)41-24)37-13-11-26(29,30)39-28(33,34)40-27(31,32)12-14-38-25(36)17(3)4/h7-10,15-16H,3,5-6,11-14H2,1-2,4H3. The first-order valence-electron chi connectivity index (χ1n) is 12.7. The van der Waals surface area contributed by atoms with Gasteiger partial charge in [-0.25, -0.2) is 14.3 Å². The van der Waals surface area contributed by atoms with E-state index in [1.54, 1.807) is 12.1 Å². The van der Waals surface area contributed by atoms with Crippen LogP contribution in [0.2, 0.25) is 0 Å². The van der Waals surface area contributed by atoms with Crippen molar-refractivity contribution in [2.24, 2.45) is 0 Å². The maximum absolute atomic E-state index is 14.0. The van der Waals surface area contributed by atoms with Crippen molar-refractivity contribution in [2.75, 3.05) is 13.2 Å². The first-order chi connectivity index (χ1) is 19.1. The van der Waals surface area contributed by atoms with Crippen LogP contribution in [0.1, 0.15) is 45.0 Å². The van der Waals surface area contributed by atoms with Crippen LogP contribution in [-0.2, 0) is 31.8 Å². The van der Waals surface area contributed by atoms with E-state index in [-0.39, 0.29) is 11.3 Å². The normalized spacial score (nSPS) is 12.5.